The first-order valence-corrected chi connectivity index (χ1v) is 4.90. The molecule has 0 aliphatic heterocycles. The molecule has 0 spiro atoms. The summed E-state index contributed by atoms with van der Waals surface area (Å²) in [6, 6.07) is -1.60. The highest BCUT2D eigenvalue weighted by Gasteiger charge is 2.43. The lowest BCUT2D eigenvalue weighted by Gasteiger charge is -2.35. The third-order valence-electron chi connectivity index (χ3n) is 2.52. The van der Waals surface area contributed by atoms with E-state index in [2.05, 4.69) is 0 Å². The van der Waals surface area contributed by atoms with Crippen LogP contribution in [0, 0.1) is 0 Å². The smallest absolute Gasteiger partial charge is 0.329 e. The summed E-state index contributed by atoms with van der Waals surface area (Å²) < 4.78 is 37.6. The van der Waals surface area contributed by atoms with Crippen molar-refractivity contribution in [1.82, 2.24) is 4.90 Å². The molecule has 0 heterocycles. The van der Waals surface area contributed by atoms with Gasteiger partial charge in [0.15, 0.2) is 0 Å². The maximum atomic E-state index is 12.5. The summed E-state index contributed by atoms with van der Waals surface area (Å²) in [5.74, 6) is 0. The van der Waals surface area contributed by atoms with Gasteiger partial charge in [0.25, 0.3) is 0 Å². The summed E-state index contributed by atoms with van der Waals surface area (Å²) in [6.45, 7) is 5.38. The fourth-order valence-corrected chi connectivity index (χ4v) is 1.53. The normalized spacial score (nSPS) is 17.1. The number of nitrogens with two attached hydrogens (primary N) is 1. The van der Waals surface area contributed by atoms with Gasteiger partial charge in [-0.25, -0.2) is 0 Å². The number of likely N-dealkylation sites (N-methyl/N-ethyl adjacent to an activating group) is 1. The summed E-state index contributed by atoms with van der Waals surface area (Å²) in [5.41, 5.74) is 5.17. The summed E-state index contributed by atoms with van der Waals surface area (Å²) in [5, 5.41) is 0. The SMILES string of the molecule is CCC(C)N(CC)C(CN)C(F)(F)F. The van der Waals surface area contributed by atoms with Crippen molar-refractivity contribution in [2.45, 2.75) is 45.5 Å². The largest absolute Gasteiger partial charge is 0.405 e. The second-order valence-electron chi connectivity index (χ2n) is 3.38. The van der Waals surface area contributed by atoms with Gasteiger partial charge in [0.1, 0.15) is 6.04 Å². The zero-order valence-electron chi connectivity index (χ0n) is 8.93. The summed E-state index contributed by atoms with van der Waals surface area (Å²) in [4.78, 5) is 1.40. The van der Waals surface area contributed by atoms with Gasteiger partial charge in [-0.1, -0.05) is 13.8 Å². The number of alkyl halides is 3. The van der Waals surface area contributed by atoms with Crippen LogP contribution >= 0.6 is 0 Å². The molecule has 5 heteroatoms. The van der Waals surface area contributed by atoms with Gasteiger partial charge in [-0.3, -0.25) is 4.90 Å². The number of halogens is 3. The van der Waals surface area contributed by atoms with E-state index < -0.39 is 12.2 Å². The van der Waals surface area contributed by atoms with Crippen LogP contribution in [0.2, 0.25) is 0 Å². The first-order chi connectivity index (χ1) is 6.38. The van der Waals surface area contributed by atoms with Crippen LogP contribution in [0.4, 0.5) is 13.2 Å². The Morgan fingerprint density at radius 2 is 1.79 bits per heavy atom. The Hall–Kier alpha value is -0.290. The van der Waals surface area contributed by atoms with Crippen LogP contribution in [0.25, 0.3) is 0 Å². The molecule has 0 amide bonds. The molecule has 0 aliphatic carbocycles. The lowest BCUT2D eigenvalue weighted by Crippen LogP contribution is -2.53. The molecule has 0 aliphatic rings. The molecule has 0 fully saturated rings. The molecule has 2 nitrogen and oxygen atoms in total. The van der Waals surface area contributed by atoms with Gasteiger partial charge in [0, 0.05) is 12.6 Å². The van der Waals surface area contributed by atoms with Crippen LogP contribution in [-0.2, 0) is 0 Å². The van der Waals surface area contributed by atoms with Gasteiger partial charge in [0.2, 0.25) is 0 Å². The van der Waals surface area contributed by atoms with E-state index in [1.54, 1.807) is 13.8 Å². The molecule has 0 aromatic carbocycles. The minimum absolute atomic E-state index is 0.0878. The van der Waals surface area contributed by atoms with Gasteiger partial charge < -0.3 is 5.73 Å². The van der Waals surface area contributed by atoms with Crippen molar-refractivity contribution < 1.29 is 13.2 Å². The summed E-state index contributed by atoms with van der Waals surface area (Å²) in [6.07, 6.45) is -3.53. The van der Waals surface area contributed by atoms with Crippen molar-refractivity contribution >= 4 is 0 Å². The first kappa shape index (κ1) is 13.7. The van der Waals surface area contributed by atoms with Crippen molar-refractivity contribution in [3.05, 3.63) is 0 Å². The Balaban J connectivity index is 4.61. The summed E-state index contributed by atoms with van der Waals surface area (Å²) in [7, 11) is 0. The van der Waals surface area contributed by atoms with Crippen molar-refractivity contribution in [3.63, 3.8) is 0 Å². The zero-order chi connectivity index (χ0) is 11.4. The van der Waals surface area contributed by atoms with E-state index in [4.69, 9.17) is 5.73 Å². The Morgan fingerprint density at radius 3 is 2.00 bits per heavy atom. The number of rotatable bonds is 5. The quantitative estimate of drug-likeness (QED) is 0.755. The maximum Gasteiger partial charge on any atom is 0.405 e. The standard InChI is InChI=1S/C9H19F3N2/c1-4-7(3)14(5-2)8(6-13)9(10,11)12/h7-8H,4-6,13H2,1-3H3. The van der Waals surface area contributed by atoms with E-state index in [0.29, 0.717) is 13.0 Å². The van der Waals surface area contributed by atoms with E-state index in [1.165, 1.54) is 4.90 Å². The molecule has 2 N–H and O–H groups in total. The molecule has 0 aromatic heterocycles. The van der Waals surface area contributed by atoms with Crippen molar-refractivity contribution in [2.24, 2.45) is 5.73 Å². The van der Waals surface area contributed by atoms with Crippen LogP contribution in [0.1, 0.15) is 27.2 Å². The third-order valence-corrected chi connectivity index (χ3v) is 2.52. The van der Waals surface area contributed by atoms with E-state index in [0.717, 1.165) is 0 Å². The number of hydrogen-bond donors (Lipinski definition) is 1. The van der Waals surface area contributed by atoms with Gasteiger partial charge >= 0.3 is 6.18 Å². The fourth-order valence-electron chi connectivity index (χ4n) is 1.53. The molecule has 0 aromatic rings. The molecule has 86 valence electrons. The van der Waals surface area contributed by atoms with Crippen LogP contribution in [0.5, 0.6) is 0 Å². The van der Waals surface area contributed by atoms with E-state index >= 15 is 0 Å². The monoisotopic (exact) mass is 212 g/mol. The second-order valence-corrected chi connectivity index (χ2v) is 3.38. The minimum Gasteiger partial charge on any atom is -0.329 e. The first-order valence-electron chi connectivity index (χ1n) is 4.90. The highest BCUT2D eigenvalue weighted by molar-refractivity contribution is 4.82. The molecule has 0 radical (unpaired) electrons. The maximum absolute atomic E-state index is 12.5. The molecule has 2 unspecified atom stereocenters. The van der Waals surface area contributed by atoms with Crippen LogP contribution in [0.3, 0.4) is 0 Å². The van der Waals surface area contributed by atoms with Crippen molar-refractivity contribution in [2.75, 3.05) is 13.1 Å². The van der Waals surface area contributed by atoms with Gasteiger partial charge in [-0.05, 0) is 19.9 Å². The molecular formula is C9H19F3N2. The third kappa shape index (κ3) is 3.46. The molecule has 0 saturated carbocycles. The minimum atomic E-state index is -4.23. The molecule has 0 bridgehead atoms. The summed E-state index contributed by atoms with van der Waals surface area (Å²) >= 11 is 0. The Morgan fingerprint density at radius 1 is 1.29 bits per heavy atom. The van der Waals surface area contributed by atoms with Crippen molar-refractivity contribution in [3.8, 4) is 0 Å². The number of nitrogens with zero attached hydrogens (tertiary/aromatic N) is 1. The molecule has 14 heavy (non-hydrogen) atoms. The fraction of sp³-hybridized carbons (Fsp3) is 1.00. The molecule has 0 saturated heterocycles. The Bertz CT molecular complexity index is 159. The van der Waals surface area contributed by atoms with Gasteiger partial charge in [-0.15, -0.1) is 0 Å². The van der Waals surface area contributed by atoms with Crippen molar-refractivity contribution in [1.29, 1.82) is 0 Å². The highest BCUT2D eigenvalue weighted by Crippen LogP contribution is 2.25. The zero-order valence-corrected chi connectivity index (χ0v) is 8.93. The van der Waals surface area contributed by atoms with E-state index in [9.17, 15) is 13.2 Å². The average Bonchev–Trinajstić information content (AvgIpc) is 2.10. The van der Waals surface area contributed by atoms with E-state index in [1.807, 2.05) is 6.92 Å². The molecular weight excluding hydrogens is 193 g/mol. The molecule has 0 rings (SSSR count). The van der Waals surface area contributed by atoms with Crippen LogP contribution in [0.15, 0.2) is 0 Å². The highest BCUT2D eigenvalue weighted by atomic mass is 19.4. The van der Waals surface area contributed by atoms with Crippen LogP contribution < -0.4 is 5.73 Å². The van der Waals surface area contributed by atoms with Gasteiger partial charge in [-0.2, -0.15) is 13.2 Å². The average molecular weight is 212 g/mol. The Labute approximate surface area is 83.3 Å². The Kier molecular flexibility index (Phi) is 5.44. The second kappa shape index (κ2) is 5.56. The topological polar surface area (TPSA) is 29.3 Å². The molecule has 2 atom stereocenters. The lowest BCUT2D eigenvalue weighted by molar-refractivity contribution is -0.185. The number of hydrogen-bond acceptors (Lipinski definition) is 2. The van der Waals surface area contributed by atoms with Crippen LogP contribution in [-0.4, -0.2) is 36.2 Å². The predicted molar refractivity (Wildman–Crippen MR) is 51.0 cm³/mol. The predicted octanol–water partition coefficient (Wildman–Crippen LogP) is 2.00. The van der Waals surface area contributed by atoms with Gasteiger partial charge in [0.05, 0.1) is 0 Å². The van der Waals surface area contributed by atoms with E-state index in [-0.39, 0.29) is 12.6 Å². The lowest BCUT2D eigenvalue weighted by atomic mass is 10.1.